The van der Waals surface area contributed by atoms with Gasteiger partial charge in [-0.2, -0.15) is 4.98 Å². The maximum atomic E-state index is 12.3. The standard InChI is InChI=1S/C25H30N4O/c1-4-15-29(19-23(28(2)3)17-21-13-9-6-10-14-21)25-26-22(18-24(30)27-25)16-20-11-7-5-8-12-20/h4-14,18,23H,1,15-17,19H2,2-3H3,(H,26,27,30)/t23-/m0/s1. The summed E-state index contributed by atoms with van der Waals surface area (Å²) in [4.78, 5) is 24.3. The molecule has 0 radical (unpaired) electrons. The van der Waals surface area contributed by atoms with Crippen LogP contribution in [0, 0.1) is 0 Å². The first-order valence-electron chi connectivity index (χ1n) is 10.3. The van der Waals surface area contributed by atoms with Crippen LogP contribution >= 0.6 is 0 Å². The van der Waals surface area contributed by atoms with Crippen molar-refractivity contribution < 1.29 is 0 Å². The quantitative estimate of drug-likeness (QED) is 0.527. The minimum absolute atomic E-state index is 0.229. The third-order valence-electron chi connectivity index (χ3n) is 5.15. The van der Waals surface area contributed by atoms with Crippen molar-refractivity contribution in [3.05, 3.63) is 107 Å². The number of hydrogen-bond donors (Lipinski definition) is 1. The van der Waals surface area contributed by atoms with Crippen LogP contribution in [-0.4, -0.2) is 48.1 Å². The molecule has 0 aliphatic heterocycles. The summed E-state index contributed by atoms with van der Waals surface area (Å²) in [7, 11) is 4.17. The van der Waals surface area contributed by atoms with Gasteiger partial charge in [-0.05, 0) is 31.6 Å². The van der Waals surface area contributed by atoms with Crippen molar-refractivity contribution >= 4 is 5.95 Å². The highest BCUT2D eigenvalue weighted by Gasteiger charge is 2.19. The van der Waals surface area contributed by atoms with Gasteiger partial charge in [0.15, 0.2) is 0 Å². The number of benzene rings is 2. The molecule has 1 aromatic heterocycles. The molecule has 0 unspecified atom stereocenters. The van der Waals surface area contributed by atoms with E-state index >= 15 is 0 Å². The van der Waals surface area contributed by atoms with Crippen molar-refractivity contribution in [3.8, 4) is 0 Å². The molecule has 5 heteroatoms. The van der Waals surface area contributed by atoms with Crippen molar-refractivity contribution in [1.82, 2.24) is 14.9 Å². The molecule has 0 spiro atoms. The van der Waals surface area contributed by atoms with E-state index in [1.807, 2.05) is 30.3 Å². The Balaban J connectivity index is 1.83. The second-order valence-electron chi connectivity index (χ2n) is 7.73. The highest BCUT2D eigenvalue weighted by Crippen LogP contribution is 2.14. The fourth-order valence-electron chi connectivity index (χ4n) is 3.51. The summed E-state index contributed by atoms with van der Waals surface area (Å²) in [6, 6.07) is 22.4. The van der Waals surface area contributed by atoms with Gasteiger partial charge in [-0.1, -0.05) is 66.7 Å². The number of nitrogens with zero attached hydrogens (tertiary/aromatic N) is 3. The molecule has 0 saturated heterocycles. The molecule has 0 amide bonds. The van der Waals surface area contributed by atoms with Crippen molar-refractivity contribution in [2.24, 2.45) is 0 Å². The molecule has 30 heavy (non-hydrogen) atoms. The average molecular weight is 403 g/mol. The number of rotatable bonds is 10. The number of H-pyrrole nitrogens is 1. The molecule has 1 atom stereocenters. The van der Waals surface area contributed by atoms with Crippen molar-refractivity contribution in [1.29, 1.82) is 0 Å². The highest BCUT2D eigenvalue weighted by atomic mass is 16.1. The highest BCUT2D eigenvalue weighted by molar-refractivity contribution is 5.34. The average Bonchev–Trinajstić information content (AvgIpc) is 2.73. The number of anilines is 1. The first-order valence-corrected chi connectivity index (χ1v) is 10.3. The van der Waals surface area contributed by atoms with E-state index in [9.17, 15) is 4.79 Å². The van der Waals surface area contributed by atoms with Crippen LogP contribution < -0.4 is 10.5 Å². The molecule has 3 rings (SSSR count). The van der Waals surface area contributed by atoms with E-state index in [2.05, 4.69) is 76.8 Å². The monoisotopic (exact) mass is 402 g/mol. The summed E-state index contributed by atoms with van der Waals surface area (Å²) in [6.07, 6.45) is 3.42. The number of nitrogens with one attached hydrogen (secondary N) is 1. The van der Waals surface area contributed by atoms with Crippen LogP contribution in [0.2, 0.25) is 0 Å². The largest absolute Gasteiger partial charge is 0.337 e. The molecule has 0 bridgehead atoms. The molecule has 0 aliphatic carbocycles. The van der Waals surface area contributed by atoms with Crippen LogP contribution in [0.15, 0.2) is 84.2 Å². The third kappa shape index (κ3) is 6.16. The van der Waals surface area contributed by atoms with E-state index in [-0.39, 0.29) is 11.6 Å². The van der Waals surface area contributed by atoms with Gasteiger partial charge in [-0.3, -0.25) is 4.79 Å². The van der Waals surface area contributed by atoms with Crippen molar-refractivity contribution in [3.63, 3.8) is 0 Å². The van der Waals surface area contributed by atoms with Gasteiger partial charge < -0.3 is 14.8 Å². The maximum Gasteiger partial charge on any atom is 0.274 e. The summed E-state index contributed by atoms with van der Waals surface area (Å²) in [5.74, 6) is 0.591. The van der Waals surface area contributed by atoms with Crippen molar-refractivity contribution in [2.75, 3.05) is 32.1 Å². The second kappa shape index (κ2) is 10.6. The SMILES string of the molecule is C=CCN(C[C@H](Cc1ccccc1)N(C)C)c1nc(=O)cc(Cc2ccccc2)[nH]1. The van der Waals surface area contributed by atoms with E-state index < -0.39 is 0 Å². The Hall–Kier alpha value is -3.18. The predicted molar refractivity (Wildman–Crippen MR) is 124 cm³/mol. The smallest absolute Gasteiger partial charge is 0.274 e. The van der Waals surface area contributed by atoms with Crippen molar-refractivity contribution in [2.45, 2.75) is 18.9 Å². The molecular weight excluding hydrogens is 372 g/mol. The maximum absolute atomic E-state index is 12.3. The van der Waals surface area contributed by atoms with Crippen LogP contribution in [0.1, 0.15) is 16.8 Å². The zero-order valence-electron chi connectivity index (χ0n) is 17.8. The lowest BCUT2D eigenvalue weighted by Gasteiger charge is -2.31. The summed E-state index contributed by atoms with van der Waals surface area (Å²) in [5, 5.41) is 0. The first kappa shape index (κ1) is 21.5. The van der Waals surface area contributed by atoms with Gasteiger partial charge in [-0.15, -0.1) is 6.58 Å². The Morgan fingerprint density at radius 1 is 1.03 bits per heavy atom. The van der Waals surface area contributed by atoms with E-state index in [1.165, 1.54) is 5.56 Å². The zero-order chi connectivity index (χ0) is 21.3. The summed E-state index contributed by atoms with van der Waals surface area (Å²) in [6.45, 7) is 5.24. The molecule has 2 aromatic carbocycles. The molecule has 0 saturated carbocycles. The fourth-order valence-corrected chi connectivity index (χ4v) is 3.51. The van der Waals surface area contributed by atoms with E-state index in [0.717, 1.165) is 24.2 Å². The van der Waals surface area contributed by atoms with Gasteiger partial charge >= 0.3 is 0 Å². The zero-order valence-corrected chi connectivity index (χ0v) is 17.8. The molecule has 0 aliphatic rings. The second-order valence-corrected chi connectivity index (χ2v) is 7.73. The molecule has 5 nitrogen and oxygen atoms in total. The predicted octanol–water partition coefficient (Wildman–Crippen LogP) is 3.53. The van der Waals surface area contributed by atoms with Gasteiger partial charge in [0.05, 0.1) is 0 Å². The van der Waals surface area contributed by atoms with Gasteiger partial charge in [0.25, 0.3) is 5.56 Å². The topological polar surface area (TPSA) is 52.2 Å². The number of aromatic amines is 1. The van der Waals surface area contributed by atoms with Gasteiger partial charge in [-0.25, -0.2) is 0 Å². The van der Waals surface area contributed by atoms with Gasteiger partial charge in [0.1, 0.15) is 0 Å². The number of hydrogen-bond acceptors (Lipinski definition) is 4. The summed E-state index contributed by atoms with van der Waals surface area (Å²) in [5.41, 5.74) is 3.06. The normalized spacial score (nSPS) is 12.0. The lowest BCUT2D eigenvalue weighted by atomic mass is 10.0. The minimum Gasteiger partial charge on any atom is -0.337 e. The summed E-state index contributed by atoms with van der Waals surface area (Å²) < 4.78 is 0. The van der Waals surface area contributed by atoms with E-state index in [0.29, 0.717) is 18.9 Å². The minimum atomic E-state index is -0.229. The Kier molecular flexibility index (Phi) is 7.57. The molecule has 0 fully saturated rings. The van der Waals surface area contributed by atoms with Crippen LogP contribution in [-0.2, 0) is 12.8 Å². The molecule has 156 valence electrons. The Morgan fingerprint density at radius 2 is 1.67 bits per heavy atom. The Labute approximate surface area is 178 Å². The number of aromatic nitrogens is 2. The molecule has 1 heterocycles. The third-order valence-corrected chi connectivity index (χ3v) is 5.15. The number of likely N-dealkylation sites (N-methyl/N-ethyl adjacent to an activating group) is 1. The Morgan fingerprint density at radius 3 is 2.27 bits per heavy atom. The van der Waals surface area contributed by atoms with Crippen LogP contribution in [0.5, 0.6) is 0 Å². The van der Waals surface area contributed by atoms with E-state index in [1.54, 1.807) is 6.07 Å². The van der Waals surface area contributed by atoms with Gasteiger partial charge in [0.2, 0.25) is 5.95 Å². The van der Waals surface area contributed by atoms with Gasteiger partial charge in [0, 0.05) is 37.3 Å². The van der Waals surface area contributed by atoms with E-state index in [4.69, 9.17) is 0 Å². The van der Waals surface area contributed by atoms with Crippen LogP contribution in [0.3, 0.4) is 0 Å². The van der Waals surface area contributed by atoms with Crippen LogP contribution in [0.4, 0.5) is 5.95 Å². The molecule has 3 aromatic rings. The summed E-state index contributed by atoms with van der Waals surface area (Å²) >= 11 is 0. The van der Waals surface area contributed by atoms with Crippen LogP contribution in [0.25, 0.3) is 0 Å². The first-order chi connectivity index (χ1) is 14.5. The molecule has 1 N–H and O–H groups in total. The Bertz CT molecular complexity index is 983. The fraction of sp³-hybridized carbons (Fsp3) is 0.280. The lowest BCUT2D eigenvalue weighted by Crippen LogP contribution is -2.43. The molecular formula is C25H30N4O. The lowest BCUT2D eigenvalue weighted by molar-refractivity contribution is 0.293.